The van der Waals surface area contributed by atoms with Crippen LogP contribution in [0.2, 0.25) is 0 Å². The number of halogens is 2. The van der Waals surface area contributed by atoms with Crippen molar-refractivity contribution in [2.45, 2.75) is 19.4 Å². The van der Waals surface area contributed by atoms with Gasteiger partial charge in [0.25, 0.3) is 6.43 Å². The number of aryl methyl sites for hydroxylation is 1. The third kappa shape index (κ3) is 4.08. The Morgan fingerprint density at radius 2 is 2.22 bits per heavy atom. The second kappa shape index (κ2) is 7.10. The molecule has 0 atom stereocenters. The van der Waals surface area contributed by atoms with Gasteiger partial charge in [0, 0.05) is 44.9 Å². The zero-order chi connectivity index (χ0) is 16.2. The van der Waals surface area contributed by atoms with Gasteiger partial charge < -0.3 is 4.74 Å². The molecule has 2 aromatic heterocycles. The van der Waals surface area contributed by atoms with Gasteiger partial charge in [-0.2, -0.15) is 15.3 Å². The van der Waals surface area contributed by atoms with Crippen molar-refractivity contribution in [2.24, 2.45) is 7.05 Å². The van der Waals surface area contributed by atoms with Gasteiger partial charge in [-0.25, -0.2) is 8.78 Å². The molecule has 2 aromatic rings. The highest BCUT2D eigenvalue weighted by molar-refractivity contribution is 5.57. The van der Waals surface area contributed by atoms with E-state index in [0.29, 0.717) is 13.2 Å². The normalized spacial score (nSPS) is 15.1. The van der Waals surface area contributed by atoms with E-state index in [9.17, 15) is 8.78 Å². The third-order valence-corrected chi connectivity index (χ3v) is 3.82. The van der Waals surface area contributed by atoms with Crippen LogP contribution in [0.25, 0.3) is 11.3 Å². The first-order valence-corrected chi connectivity index (χ1v) is 7.54. The fourth-order valence-corrected chi connectivity index (χ4v) is 2.64. The van der Waals surface area contributed by atoms with Crippen LogP contribution >= 0.6 is 0 Å². The summed E-state index contributed by atoms with van der Waals surface area (Å²) in [4.78, 5) is 2.18. The summed E-state index contributed by atoms with van der Waals surface area (Å²) in [6, 6.07) is 2.03. The Hall–Kier alpha value is -1.93. The molecule has 8 heteroatoms. The molecule has 23 heavy (non-hydrogen) atoms. The average molecular weight is 323 g/mol. The molecule has 0 saturated heterocycles. The van der Waals surface area contributed by atoms with E-state index in [4.69, 9.17) is 4.74 Å². The van der Waals surface area contributed by atoms with Crippen LogP contribution in [0.4, 0.5) is 8.78 Å². The summed E-state index contributed by atoms with van der Waals surface area (Å²) in [5.74, 6) is 0. The van der Waals surface area contributed by atoms with Gasteiger partial charge >= 0.3 is 0 Å². The maximum atomic E-state index is 12.0. The van der Waals surface area contributed by atoms with Crippen molar-refractivity contribution in [1.29, 1.82) is 0 Å². The Kier molecular flexibility index (Phi) is 4.92. The standard InChI is InChI=1S/C15H19F2N5O/c1-21-8-12(7-18-21)14-6-11-9-22(3-2-13(11)19-20-14)4-5-23-10-15(16)17/h6-8,15H,2-5,9-10H2,1H3. The molecule has 0 N–H and O–H groups in total. The number of hydrogen-bond acceptors (Lipinski definition) is 5. The zero-order valence-electron chi connectivity index (χ0n) is 13.0. The van der Waals surface area contributed by atoms with E-state index in [1.54, 1.807) is 10.9 Å². The largest absolute Gasteiger partial charge is 0.374 e. The van der Waals surface area contributed by atoms with Crippen LogP contribution in [0.3, 0.4) is 0 Å². The number of rotatable bonds is 6. The van der Waals surface area contributed by atoms with Crippen molar-refractivity contribution in [3.63, 3.8) is 0 Å². The minimum Gasteiger partial charge on any atom is -0.374 e. The van der Waals surface area contributed by atoms with Crippen LogP contribution in [0, 0.1) is 0 Å². The lowest BCUT2D eigenvalue weighted by Crippen LogP contribution is -2.34. The summed E-state index contributed by atoms with van der Waals surface area (Å²) in [6.45, 7) is 2.02. The summed E-state index contributed by atoms with van der Waals surface area (Å²) in [5, 5.41) is 12.7. The van der Waals surface area contributed by atoms with Gasteiger partial charge in [0.05, 0.1) is 24.2 Å². The van der Waals surface area contributed by atoms with Crippen molar-refractivity contribution in [3.8, 4) is 11.3 Å². The van der Waals surface area contributed by atoms with Gasteiger partial charge in [-0.15, -0.1) is 0 Å². The lowest BCUT2D eigenvalue weighted by atomic mass is 10.0. The third-order valence-electron chi connectivity index (χ3n) is 3.82. The molecule has 3 heterocycles. The van der Waals surface area contributed by atoms with Crippen molar-refractivity contribution >= 4 is 0 Å². The van der Waals surface area contributed by atoms with Gasteiger partial charge in [0.2, 0.25) is 0 Å². The lowest BCUT2D eigenvalue weighted by Gasteiger charge is -2.27. The molecule has 0 radical (unpaired) electrons. The van der Waals surface area contributed by atoms with E-state index in [0.717, 1.165) is 42.0 Å². The van der Waals surface area contributed by atoms with E-state index >= 15 is 0 Å². The van der Waals surface area contributed by atoms with E-state index in [-0.39, 0.29) is 0 Å². The highest BCUT2D eigenvalue weighted by atomic mass is 19.3. The zero-order valence-corrected chi connectivity index (χ0v) is 13.0. The molecular weight excluding hydrogens is 304 g/mol. The first kappa shape index (κ1) is 15.9. The van der Waals surface area contributed by atoms with Gasteiger partial charge in [0.15, 0.2) is 0 Å². The SMILES string of the molecule is Cn1cc(-c2cc3c(nn2)CCN(CCOCC(F)F)C3)cn1. The number of ether oxygens (including phenoxy) is 1. The molecule has 6 nitrogen and oxygen atoms in total. The van der Waals surface area contributed by atoms with E-state index in [2.05, 4.69) is 20.2 Å². The summed E-state index contributed by atoms with van der Waals surface area (Å²) < 4.78 is 30.8. The Labute approximate surface area is 133 Å². The maximum Gasteiger partial charge on any atom is 0.261 e. The predicted molar refractivity (Wildman–Crippen MR) is 80.0 cm³/mol. The van der Waals surface area contributed by atoms with Crippen LogP contribution < -0.4 is 0 Å². The highest BCUT2D eigenvalue weighted by Gasteiger charge is 2.19. The second-order valence-corrected chi connectivity index (χ2v) is 5.60. The molecule has 0 amide bonds. The molecule has 1 aliphatic rings. The molecule has 0 saturated carbocycles. The number of hydrogen-bond donors (Lipinski definition) is 0. The Morgan fingerprint density at radius 1 is 1.35 bits per heavy atom. The van der Waals surface area contributed by atoms with Crippen LogP contribution in [-0.4, -0.2) is 57.6 Å². The van der Waals surface area contributed by atoms with E-state index < -0.39 is 13.0 Å². The lowest BCUT2D eigenvalue weighted by molar-refractivity contribution is 0.00861. The minimum absolute atomic E-state index is 0.313. The van der Waals surface area contributed by atoms with Crippen LogP contribution in [0.5, 0.6) is 0 Å². The first-order chi connectivity index (χ1) is 11.1. The molecule has 0 bridgehead atoms. The summed E-state index contributed by atoms with van der Waals surface area (Å²) in [7, 11) is 1.86. The molecular formula is C15H19F2N5O. The Morgan fingerprint density at radius 3 is 2.96 bits per heavy atom. The molecule has 1 aliphatic heterocycles. The van der Waals surface area contributed by atoms with Crippen LogP contribution in [0.15, 0.2) is 18.5 Å². The van der Waals surface area contributed by atoms with Gasteiger partial charge in [-0.05, 0) is 11.6 Å². The van der Waals surface area contributed by atoms with Crippen molar-refractivity contribution < 1.29 is 13.5 Å². The number of aromatic nitrogens is 4. The molecule has 124 valence electrons. The van der Waals surface area contributed by atoms with Gasteiger partial charge in [-0.3, -0.25) is 9.58 Å². The van der Waals surface area contributed by atoms with E-state index in [1.165, 1.54) is 0 Å². The molecule has 0 unspecified atom stereocenters. The summed E-state index contributed by atoms with van der Waals surface area (Å²) in [6.07, 6.45) is 2.06. The monoisotopic (exact) mass is 323 g/mol. The summed E-state index contributed by atoms with van der Waals surface area (Å²) >= 11 is 0. The highest BCUT2D eigenvalue weighted by Crippen LogP contribution is 2.22. The van der Waals surface area contributed by atoms with E-state index in [1.807, 2.05) is 19.3 Å². The smallest absolute Gasteiger partial charge is 0.261 e. The topological polar surface area (TPSA) is 56.1 Å². The molecule has 0 spiro atoms. The molecule has 0 fully saturated rings. The number of fused-ring (bicyclic) bond motifs is 1. The quantitative estimate of drug-likeness (QED) is 0.755. The summed E-state index contributed by atoms with van der Waals surface area (Å²) in [5.41, 5.74) is 3.86. The fraction of sp³-hybridized carbons (Fsp3) is 0.533. The second-order valence-electron chi connectivity index (χ2n) is 5.60. The van der Waals surface area contributed by atoms with Crippen molar-refractivity contribution in [3.05, 3.63) is 29.7 Å². The van der Waals surface area contributed by atoms with Crippen LogP contribution in [0.1, 0.15) is 11.3 Å². The van der Waals surface area contributed by atoms with Gasteiger partial charge in [-0.1, -0.05) is 0 Å². The maximum absolute atomic E-state index is 12.0. The predicted octanol–water partition coefficient (Wildman–Crippen LogP) is 1.52. The average Bonchev–Trinajstić information content (AvgIpc) is 2.97. The fourth-order valence-electron chi connectivity index (χ4n) is 2.64. The Balaban J connectivity index is 1.62. The number of alkyl halides is 2. The molecule has 0 aliphatic carbocycles. The van der Waals surface area contributed by atoms with Crippen molar-refractivity contribution in [1.82, 2.24) is 24.9 Å². The molecule has 3 rings (SSSR count). The van der Waals surface area contributed by atoms with Gasteiger partial charge in [0.1, 0.15) is 6.61 Å². The van der Waals surface area contributed by atoms with Crippen LogP contribution in [-0.2, 0) is 24.8 Å². The van der Waals surface area contributed by atoms with Crippen molar-refractivity contribution in [2.75, 3.05) is 26.3 Å². The first-order valence-electron chi connectivity index (χ1n) is 7.54. The Bertz CT molecular complexity index is 661. The minimum atomic E-state index is -2.41. The molecule has 0 aromatic carbocycles. The number of nitrogens with zero attached hydrogens (tertiary/aromatic N) is 5.